The molecule has 1 aromatic heterocycles. The van der Waals surface area contributed by atoms with Gasteiger partial charge in [0.25, 0.3) is 5.91 Å². The third kappa shape index (κ3) is 5.32. The summed E-state index contributed by atoms with van der Waals surface area (Å²) in [7, 11) is 1.31. The van der Waals surface area contributed by atoms with E-state index in [0.29, 0.717) is 22.9 Å². The minimum Gasteiger partial charge on any atom is -0.492 e. The molecule has 1 heterocycles. The van der Waals surface area contributed by atoms with Crippen molar-refractivity contribution in [2.24, 2.45) is 0 Å². The van der Waals surface area contributed by atoms with Crippen molar-refractivity contribution in [1.82, 2.24) is 5.32 Å². The largest absolute Gasteiger partial charge is 0.492 e. The van der Waals surface area contributed by atoms with Crippen LogP contribution in [0.2, 0.25) is 0 Å². The van der Waals surface area contributed by atoms with E-state index in [9.17, 15) is 9.59 Å². The van der Waals surface area contributed by atoms with Crippen LogP contribution in [0.1, 0.15) is 45.7 Å². The molecule has 0 unspecified atom stereocenters. The van der Waals surface area contributed by atoms with Crippen molar-refractivity contribution in [3.63, 3.8) is 0 Å². The number of nitrogens with one attached hydrogen (secondary N) is 1. The Kier molecular flexibility index (Phi) is 6.20. The second-order valence-electron chi connectivity index (χ2n) is 6.53. The number of thiophene rings is 1. The molecule has 0 aliphatic rings. The highest BCUT2D eigenvalue weighted by Gasteiger charge is 2.14. The number of carbonyl (C=O) groups excluding carboxylic acids is 2. The molecule has 5 nitrogen and oxygen atoms in total. The smallest absolute Gasteiger partial charge is 0.348 e. The summed E-state index contributed by atoms with van der Waals surface area (Å²) >= 11 is 1.10. The maximum Gasteiger partial charge on any atom is 0.348 e. The Balaban J connectivity index is 1.78. The number of ether oxygens (including phenoxy) is 2. The van der Waals surface area contributed by atoms with Crippen LogP contribution in [0.25, 0.3) is 0 Å². The number of methoxy groups -OCH3 is 1. The van der Waals surface area contributed by atoms with Gasteiger partial charge in [0.1, 0.15) is 17.2 Å². The summed E-state index contributed by atoms with van der Waals surface area (Å²) in [6, 6.07) is 11.2. The van der Waals surface area contributed by atoms with E-state index in [2.05, 4.69) is 30.8 Å². The van der Waals surface area contributed by atoms with Gasteiger partial charge in [-0.15, -0.1) is 11.3 Å². The lowest BCUT2D eigenvalue weighted by atomic mass is 9.87. The normalized spacial score (nSPS) is 11.0. The lowest BCUT2D eigenvalue weighted by molar-refractivity contribution is 0.0606. The third-order valence-electron chi connectivity index (χ3n) is 3.59. The first-order valence-electron chi connectivity index (χ1n) is 8.01. The molecule has 0 fully saturated rings. The minimum absolute atomic E-state index is 0.107. The summed E-state index contributed by atoms with van der Waals surface area (Å²) in [6.07, 6.45) is 0. The fraction of sp³-hybridized carbons (Fsp3) is 0.368. The highest BCUT2D eigenvalue weighted by atomic mass is 32.1. The van der Waals surface area contributed by atoms with Gasteiger partial charge >= 0.3 is 5.97 Å². The predicted molar refractivity (Wildman–Crippen MR) is 98.6 cm³/mol. The van der Waals surface area contributed by atoms with Crippen LogP contribution in [0.15, 0.2) is 36.4 Å². The van der Waals surface area contributed by atoms with Crippen LogP contribution < -0.4 is 10.1 Å². The third-order valence-corrected chi connectivity index (χ3v) is 4.66. The van der Waals surface area contributed by atoms with E-state index in [4.69, 9.17) is 4.74 Å². The number of rotatable bonds is 6. The van der Waals surface area contributed by atoms with Crippen molar-refractivity contribution in [2.75, 3.05) is 20.3 Å². The second-order valence-corrected chi connectivity index (χ2v) is 7.62. The van der Waals surface area contributed by atoms with E-state index < -0.39 is 5.97 Å². The quantitative estimate of drug-likeness (QED) is 0.630. The monoisotopic (exact) mass is 361 g/mol. The van der Waals surface area contributed by atoms with Gasteiger partial charge in [-0.1, -0.05) is 32.9 Å². The highest BCUT2D eigenvalue weighted by Crippen LogP contribution is 2.24. The van der Waals surface area contributed by atoms with E-state index in [1.165, 1.54) is 12.7 Å². The second kappa shape index (κ2) is 8.16. The van der Waals surface area contributed by atoms with Crippen LogP contribution in [-0.2, 0) is 10.2 Å². The van der Waals surface area contributed by atoms with Crippen molar-refractivity contribution in [3.05, 3.63) is 51.7 Å². The molecule has 0 saturated carbocycles. The lowest BCUT2D eigenvalue weighted by Gasteiger charge is -2.19. The molecule has 1 N–H and O–H groups in total. The Hall–Kier alpha value is -2.34. The van der Waals surface area contributed by atoms with E-state index in [0.717, 1.165) is 17.1 Å². The van der Waals surface area contributed by atoms with Crippen LogP contribution in [0.5, 0.6) is 5.75 Å². The molecule has 0 atom stereocenters. The van der Waals surface area contributed by atoms with Crippen molar-refractivity contribution in [3.8, 4) is 5.75 Å². The van der Waals surface area contributed by atoms with Gasteiger partial charge in [-0.25, -0.2) is 4.79 Å². The summed E-state index contributed by atoms with van der Waals surface area (Å²) in [5.74, 6) is 0.101. The van der Waals surface area contributed by atoms with Crippen LogP contribution in [0.3, 0.4) is 0 Å². The molecule has 0 spiro atoms. The molecule has 2 rings (SSSR count). The molecule has 0 radical (unpaired) electrons. The fourth-order valence-corrected chi connectivity index (χ4v) is 2.98. The van der Waals surface area contributed by atoms with Gasteiger partial charge in [0.15, 0.2) is 0 Å². The Labute approximate surface area is 152 Å². The Morgan fingerprint density at radius 2 is 1.68 bits per heavy atom. The first-order valence-corrected chi connectivity index (χ1v) is 8.82. The van der Waals surface area contributed by atoms with Gasteiger partial charge in [-0.2, -0.15) is 0 Å². The van der Waals surface area contributed by atoms with Crippen LogP contribution in [0.4, 0.5) is 0 Å². The molecule has 0 bridgehead atoms. The SMILES string of the molecule is COC(=O)c1ccc(C(=O)NCCOc2ccc(C(C)(C)C)cc2)s1. The van der Waals surface area contributed by atoms with E-state index in [1.54, 1.807) is 12.1 Å². The average molecular weight is 361 g/mol. The Bertz CT molecular complexity index is 729. The van der Waals surface area contributed by atoms with Crippen LogP contribution >= 0.6 is 11.3 Å². The van der Waals surface area contributed by atoms with Crippen molar-refractivity contribution >= 4 is 23.2 Å². The molecular formula is C19H23NO4S. The Morgan fingerprint density at radius 1 is 1.04 bits per heavy atom. The maximum absolute atomic E-state index is 12.0. The van der Waals surface area contributed by atoms with Crippen molar-refractivity contribution in [2.45, 2.75) is 26.2 Å². The number of carbonyl (C=O) groups is 2. The molecule has 134 valence electrons. The molecule has 1 amide bonds. The topological polar surface area (TPSA) is 64.6 Å². The zero-order valence-electron chi connectivity index (χ0n) is 14.9. The lowest BCUT2D eigenvalue weighted by Crippen LogP contribution is -2.27. The zero-order chi connectivity index (χ0) is 18.4. The number of amides is 1. The summed E-state index contributed by atoms with van der Waals surface area (Å²) in [4.78, 5) is 24.3. The van der Waals surface area contributed by atoms with Gasteiger partial charge in [-0.3, -0.25) is 4.79 Å². The van der Waals surface area contributed by atoms with Gasteiger partial charge < -0.3 is 14.8 Å². The molecule has 0 aliphatic heterocycles. The fourth-order valence-electron chi connectivity index (χ4n) is 2.14. The Morgan fingerprint density at radius 3 is 2.28 bits per heavy atom. The van der Waals surface area contributed by atoms with Gasteiger partial charge in [-0.05, 0) is 35.2 Å². The number of benzene rings is 1. The average Bonchev–Trinajstić information content (AvgIpc) is 3.07. The van der Waals surface area contributed by atoms with Gasteiger partial charge in [0.05, 0.1) is 18.5 Å². The summed E-state index contributed by atoms with van der Waals surface area (Å²) in [5, 5.41) is 2.77. The maximum atomic E-state index is 12.0. The predicted octanol–water partition coefficient (Wildman–Crippen LogP) is 3.64. The molecule has 25 heavy (non-hydrogen) atoms. The molecule has 1 aromatic carbocycles. The summed E-state index contributed by atoms with van der Waals surface area (Å²) in [6.45, 7) is 7.24. The first kappa shape index (κ1) is 19.0. The van der Waals surface area contributed by atoms with Crippen LogP contribution in [-0.4, -0.2) is 32.1 Å². The molecule has 2 aromatic rings. The molecule has 6 heteroatoms. The van der Waals surface area contributed by atoms with Crippen LogP contribution in [0, 0.1) is 0 Å². The summed E-state index contributed by atoms with van der Waals surface area (Å²) in [5.41, 5.74) is 1.35. The molecule has 0 saturated heterocycles. The van der Waals surface area contributed by atoms with Crippen molar-refractivity contribution in [1.29, 1.82) is 0 Å². The highest BCUT2D eigenvalue weighted by molar-refractivity contribution is 7.15. The van der Waals surface area contributed by atoms with E-state index >= 15 is 0 Å². The number of hydrogen-bond donors (Lipinski definition) is 1. The minimum atomic E-state index is -0.439. The number of esters is 1. The standard InChI is InChI=1S/C19H23NO4S/c1-19(2,3)13-5-7-14(8-6-13)24-12-11-20-17(21)15-9-10-16(25-15)18(22)23-4/h5-10H,11-12H2,1-4H3,(H,20,21). The molecule has 0 aliphatic carbocycles. The number of hydrogen-bond acceptors (Lipinski definition) is 5. The zero-order valence-corrected chi connectivity index (χ0v) is 15.7. The van der Waals surface area contributed by atoms with Gasteiger partial charge in [0.2, 0.25) is 0 Å². The van der Waals surface area contributed by atoms with Crippen molar-refractivity contribution < 1.29 is 19.1 Å². The van der Waals surface area contributed by atoms with E-state index in [1.807, 2.05) is 24.3 Å². The molecular weight excluding hydrogens is 338 g/mol. The first-order chi connectivity index (χ1) is 11.8. The van der Waals surface area contributed by atoms with Gasteiger partial charge in [0, 0.05) is 0 Å². The summed E-state index contributed by atoms with van der Waals surface area (Å²) < 4.78 is 10.3. The van der Waals surface area contributed by atoms with E-state index in [-0.39, 0.29) is 11.3 Å².